The molecule has 0 unspecified atom stereocenters. The third-order valence-corrected chi connectivity index (χ3v) is 4.47. The van der Waals surface area contributed by atoms with Crippen molar-refractivity contribution in [1.29, 1.82) is 0 Å². The van der Waals surface area contributed by atoms with Crippen molar-refractivity contribution in [2.24, 2.45) is 0 Å². The molecule has 0 spiro atoms. The average Bonchev–Trinajstić information content (AvgIpc) is 3.09. The Morgan fingerprint density at radius 2 is 1.87 bits per heavy atom. The molecular weight excluding hydrogens is 294 g/mol. The second-order valence-electron chi connectivity index (χ2n) is 6.10. The summed E-state index contributed by atoms with van der Waals surface area (Å²) in [5, 5.41) is 0. The number of carbonyl (C=O) groups excluding carboxylic acids is 2. The second kappa shape index (κ2) is 7.55. The summed E-state index contributed by atoms with van der Waals surface area (Å²) in [5.41, 5.74) is 0.786. The lowest BCUT2D eigenvalue weighted by Gasteiger charge is -2.35. The van der Waals surface area contributed by atoms with Gasteiger partial charge in [-0.25, -0.2) is 0 Å². The van der Waals surface area contributed by atoms with Crippen LogP contribution >= 0.6 is 0 Å². The number of aromatic nitrogens is 1. The SMILES string of the molecule is O=C(Cc1ccccn1)N1CCN(C(=O)C[C@H]2CCCO2)CC1. The Bertz CT molecular complexity index is 535. The molecule has 1 aromatic heterocycles. The van der Waals surface area contributed by atoms with Crippen molar-refractivity contribution in [3.8, 4) is 0 Å². The third kappa shape index (κ3) is 4.28. The number of carbonyl (C=O) groups is 2. The fourth-order valence-electron chi connectivity index (χ4n) is 3.10. The topological polar surface area (TPSA) is 62.7 Å². The molecule has 6 heteroatoms. The number of amides is 2. The van der Waals surface area contributed by atoms with Crippen molar-refractivity contribution in [2.75, 3.05) is 32.8 Å². The summed E-state index contributed by atoms with van der Waals surface area (Å²) in [6.45, 7) is 3.19. The predicted molar refractivity (Wildman–Crippen MR) is 84.7 cm³/mol. The zero-order chi connectivity index (χ0) is 16.1. The number of ether oxygens (including phenoxy) is 1. The van der Waals surface area contributed by atoms with Crippen LogP contribution in [0.25, 0.3) is 0 Å². The highest BCUT2D eigenvalue weighted by Crippen LogP contribution is 2.17. The molecule has 2 saturated heterocycles. The average molecular weight is 317 g/mol. The van der Waals surface area contributed by atoms with Crippen LogP contribution in [-0.4, -0.2) is 65.5 Å². The Hall–Kier alpha value is -1.95. The molecular formula is C17H23N3O3. The maximum absolute atomic E-state index is 12.3. The highest BCUT2D eigenvalue weighted by atomic mass is 16.5. The summed E-state index contributed by atoms with van der Waals surface area (Å²) in [6.07, 6.45) is 4.62. The Kier molecular flexibility index (Phi) is 5.23. The van der Waals surface area contributed by atoms with Crippen LogP contribution in [0.2, 0.25) is 0 Å². The van der Waals surface area contributed by atoms with E-state index < -0.39 is 0 Å². The Labute approximate surface area is 136 Å². The quantitative estimate of drug-likeness (QED) is 0.826. The van der Waals surface area contributed by atoms with Crippen LogP contribution < -0.4 is 0 Å². The van der Waals surface area contributed by atoms with Crippen LogP contribution in [0.1, 0.15) is 25.0 Å². The van der Waals surface area contributed by atoms with E-state index >= 15 is 0 Å². The minimum Gasteiger partial charge on any atom is -0.378 e. The first kappa shape index (κ1) is 15.9. The minimum absolute atomic E-state index is 0.0786. The van der Waals surface area contributed by atoms with Crippen molar-refractivity contribution in [1.82, 2.24) is 14.8 Å². The van der Waals surface area contributed by atoms with Crippen molar-refractivity contribution in [3.63, 3.8) is 0 Å². The van der Waals surface area contributed by atoms with Gasteiger partial charge in [0, 0.05) is 44.7 Å². The molecule has 23 heavy (non-hydrogen) atoms. The van der Waals surface area contributed by atoms with Gasteiger partial charge < -0.3 is 14.5 Å². The first-order chi connectivity index (χ1) is 11.2. The normalized spacial score (nSPS) is 21.5. The van der Waals surface area contributed by atoms with Gasteiger partial charge in [0.25, 0.3) is 0 Å². The van der Waals surface area contributed by atoms with Crippen molar-refractivity contribution >= 4 is 11.8 Å². The molecule has 124 valence electrons. The summed E-state index contributed by atoms with van der Waals surface area (Å²) >= 11 is 0. The maximum Gasteiger partial charge on any atom is 0.228 e. The highest BCUT2D eigenvalue weighted by molar-refractivity contribution is 5.80. The monoisotopic (exact) mass is 317 g/mol. The van der Waals surface area contributed by atoms with E-state index in [0.717, 1.165) is 25.1 Å². The minimum atomic E-state index is 0.0786. The number of rotatable bonds is 4. The van der Waals surface area contributed by atoms with Gasteiger partial charge in [-0.05, 0) is 25.0 Å². The molecule has 1 aromatic rings. The van der Waals surface area contributed by atoms with Gasteiger partial charge in [0.15, 0.2) is 0 Å². The summed E-state index contributed by atoms with van der Waals surface area (Å²) in [4.78, 5) is 32.4. The summed E-state index contributed by atoms with van der Waals surface area (Å²) in [6, 6.07) is 5.59. The molecule has 0 bridgehead atoms. The zero-order valence-electron chi connectivity index (χ0n) is 13.3. The second-order valence-corrected chi connectivity index (χ2v) is 6.10. The molecule has 2 aliphatic rings. The molecule has 6 nitrogen and oxygen atoms in total. The van der Waals surface area contributed by atoms with E-state index in [2.05, 4.69) is 4.98 Å². The number of hydrogen-bond acceptors (Lipinski definition) is 4. The Morgan fingerprint density at radius 3 is 2.48 bits per heavy atom. The van der Waals surface area contributed by atoms with Crippen molar-refractivity contribution < 1.29 is 14.3 Å². The molecule has 0 N–H and O–H groups in total. The molecule has 3 heterocycles. The lowest BCUT2D eigenvalue weighted by atomic mass is 10.1. The highest BCUT2D eigenvalue weighted by Gasteiger charge is 2.27. The van der Waals surface area contributed by atoms with Crippen molar-refractivity contribution in [2.45, 2.75) is 31.8 Å². The van der Waals surface area contributed by atoms with Crippen LogP contribution in [-0.2, 0) is 20.7 Å². The third-order valence-electron chi connectivity index (χ3n) is 4.47. The number of piperazine rings is 1. The molecule has 2 aliphatic heterocycles. The van der Waals surface area contributed by atoms with E-state index in [4.69, 9.17) is 4.74 Å². The molecule has 2 amide bonds. The number of hydrogen-bond donors (Lipinski definition) is 0. The summed E-state index contributed by atoms with van der Waals surface area (Å²) < 4.78 is 5.52. The maximum atomic E-state index is 12.3. The number of pyridine rings is 1. The van der Waals surface area contributed by atoms with Gasteiger partial charge in [0.1, 0.15) is 0 Å². The Morgan fingerprint density at radius 1 is 1.13 bits per heavy atom. The standard InChI is InChI=1S/C17H23N3O3/c21-16(12-14-4-1-2-6-18-14)19-7-9-20(10-8-19)17(22)13-15-5-3-11-23-15/h1-2,4,6,15H,3,5,7-13H2/t15-/m1/s1. The molecule has 0 aliphatic carbocycles. The van der Waals surface area contributed by atoms with Gasteiger partial charge in [-0.15, -0.1) is 0 Å². The van der Waals surface area contributed by atoms with Crippen LogP contribution in [0.5, 0.6) is 0 Å². The van der Waals surface area contributed by atoms with Crippen LogP contribution in [0, 0.1) is 0 Å². The Balaban J connectivity index is 1.44. The fraction of sp³-hybridized carbons (Fsp3) is 0.588. The first-order valence-corrected chi connectivity index (χ1v) is 8.29. The lowest BCUT2D eigenvalue weighted by Crippen LogP contribution is -2.51. The predicted octanol–water partition coefficient (Wildman–Crippen LogP) is 0.864. The summed E-state index contributed by atoms with van der Waals surface area (Å²) in [5.74, 6) is 0.226. The van der Waals surface area contributed by atoms with E-state index in [1.807, 2.05) is 28.0 Å². The van der Waals surface area contributed by atoms with Gasteiger partial charge >= 0.3 is 0 Å². The van der Waals surface area contributed by atoms with Crippen molar-refractivity contribution in [3.05, 3.63) is 30.1 Å². The first-order valence-electron chi connectivity index (χ1n) is 8.29. The van der Waals surface area contributed by atoms with E-state index in [9.17, 15) is 9.59 Å². The van der Waals surface area contributed by atoms with E-state index in [-0.39, 0.29) is 17.9 Å². The van der Waals surface area contributed by atoms with Gasteiger partial charge in [-0.1, -0.05) is 6.07 Å². The smallest absolute Gasteiger partial charge is 0.228 e. The van der Waals surface area contributed by atoms with Crippen LogP contribution in [0.15, 0.2) is 24.4 Å². The van der Waals surface area contributed by atoms with Gasteiger partial charge in [0.05, 0.1) is 18.9 Å². The molecule has 0 radical (unpaired) electrons. The fourth-order valence-corrected chi connectivity index (χ4v) is 3.10. The molecule has 2 fully saturated rings. The van der Waals surface area contributed by atoms with Gasteiger partial charge in [-0.3, -0.25) is 14.6 Å². The van der Waals surface area contributed by atoms with Crippen LogP contribution in [0.4, 0.5) is 0 Å². The molecule has 0 saturated carbocycles. The largest absolute Gasteiger partial charge is 0.378 e. The molecule has 3 rings (SSSR count). The van der Waals surface area contributed by atoms with E-state index in [0.29, 0.717) is 39.0 Å². The summed E-state index contributed by atoms with van der Waals surface area (Å²) in [7, 11) is 0. The molecule has 1 atom stereocenters. The van der Waals surface area contributed by atoms with Gasteiger partial charge in [-0.2, -0.15) is 0 Å². The number of nitrogens with zero attached hydrogens (tertiary/aromatic N) is 3. The lowest BCUT2D eigenvalue weighted by molar-refractivity contribution is -0.140. The van der Waals surface area contributed by atoms with E-state index in [1.54, 1.807) is 6.20 Å². The van der Waals surface area contributed by atoms with E-state index in [1.165, 1.54) is 0 Å². The zero-order valence-corrected chi connectivity index (χ0v) is 13.3. The van der Waals surface area contributed by atoms with Crippen LogP contribution in [0.3, 0.4) is 0 Å². The molecule has 0 aromatic carbocycles. The van der Waals surface area contributed by atoms with Gasteiger partial charge in [0.2, 0.25) is 11.8 Å².